The maximum atomic E-state index is 13.3. The number of piperazine rings is 1. The highest BCUT2D eigenvalue weighted by Crippen LogP contribution is 2.25. The number of carbonyl (C=O) groups is 1. The third kappa shape index (κ3) is 3.08. The zero-order valence-electron chi connectivity index (χ0n) is 12.4. The highest BCUT2D eigenvalue weighted by atomic mass is 32.2. The SMILES string of the molecule is CC(=O)N1CCN(S(=O)(=O)c2c(C)cc(F)cc2C)CC1. The van der Waals surface area contributed by atoms with Crippen LogP contribution < -0.4 is 0 Å². The topological polar surface area (TPSA) is 57.7 Å². The lowest BCUT2D eigenvalue weighted by Crippen LogP contribution is -2.50. The van der Waals surface area contributed by atoms with Crippen LogP contribution in [0.5, 0.6) is 0 Å². The maximum absolute atomic E-state index is 13.3. The molecule has 0 aromatic heterocycles. The van der Waals surface area contributed by atoms with Crippen molar-refractivity contribution in [3.8, 4) is 0 Å². The van der Waals surface area contributed by atoms with Crippen LogP contribution in [0.3, 0.4) is 0 Å². The number of nitrogens with zero attached hydrogens (tertiary/aromatic N) is 2. The van der Waals surface area contributed by atoms with Gasteiger partial charge in [-0.25, -0.2) is 12.8 Å². The van der Waals surface area contributed by atoms with E-state index in [1.165, 1.54) is 23.4 Å². The van der Waals surface area contributed by atoms with Gasteiger partial charge in [-0.3, -0.25) is 4.79 Å². The molecule has 0 atom stereocenters. The van der Waals surface area contributed by atoms with Crippen LogP contribution in [0.1, 0.15) is 18.1 Å². The second-order valence-corrected chi connectivity index (χ2v) is 7.15. The van der Waals surface area contributed by atoms with Crippen LogP contribution in [-0.2, 0) is 14.8 Å². The molecule has 0 spiro atoms. The Bertz CT molecular complexity index is 642. The van der Waals surface area contributed by atoms with Crippen molar-refractivity contribution in [2.45, 2.75) is 25.7 Å². The molecule has 5 nitrogen and oxygen atoms in total. The highest BCUT2D eigenvalue weighted by molar-refractivity contribution is 7.89. The van der Waals surface area contributed by atoms with Crippen LogP contribution in [0.25, 0.3) is 0 Å². The van der Waals surface area contributed by atoms with Crippen molar-refractivity contribution in [3.63, 3.8) is 0 Å². The van der Waals surface area contributed by atoms with E-state index in [0.29, 0.717) is 24.2 Å². The molecule has 1 fully saturated rings. The molecule has 2 rings (SSSR count). The summed E-state index contributed by atoms with van der Waals surface area (Å²) in [6.07, 6.45) is 0. The van der Waals surface area contributed by atoms with Crippen molar-refractivity contribution in [3.05, 3.63) is 29.1 Å². The summed E-state index contributed by atoms with van der Waals surface area (Å²) in [6, 6.07) is 2.46. The third-order valence-electron chi connectivity index (χ3n) is 3.71. The van der Waals surface area contributed by atoms with Crippen LogP contribution in [-0.4, -0.2) is 49.7 Å². The Labute approximate surface area is 124 Å². The summed E-state index contributed by atoms with van der Waals surface area (Å²) in [5.74, 6) is -0.494. The number of carbonyl (C=O) groups excluding carboxylic acids is 1. The summed E-state index contributed by atoms with van der Waals surface area (Å²) in [5.41, 5.74) is 0.808. The van der Waals surface area contributed by atoms with Crippen molar-refractivity contribution >= 4 is 15.9 Å². The molecular formula is C14H19FN2O3S. The van der Waals surface area contributed by atoms with Crippen LogP contribution in [0.15, 0.2) is 17.0 Å². The summed E-state index contributed by atoms with van der Waals surface area (Å²) >= 11 is 0. The number of hydrogen-bond donors (Lipinski definition) is 0. The molecular weight excluding hydrogens is 295 g/mol. The number of benzene rings is 1. The molecule has 1 aromatic rings. The largest absolute Gasteiger partial charge is 0.340 e. The molecule has 7 heteroatoms. The predicted octanol–water partition coefficient (Wildman–Crippen LogP) is 1.30. The van der Waals surface area contributed by atoms with Gasteiger partial charge in [-0.15, -0.1) is 0 Å². The molecule has 1 aliphatic heterocycles. The van der Waals surface area contributed by atoms with E-state index in [9.17, 15) is 17.6 Å². The Kier molecular flexibility index (Phi) is 4.34. The molecule has 1 aliphatic rings. The van der Waals surface area contributed by atoms with E-state index in [4.69, 9.17) is 0 Å². The van der Waals surface area contributed by atoms with Gasteiger partial charge in [-0.1, -0.05) is 0 Å². The van der Waals surface area contributed by atoms with Crippen LogP contribution in [0, 0.1) is 19.7 Å². The van der Waals surface area contributed by atoms with E-state index in [2.05, 4.69) is 0 Å². The molecule has 21 heavy (non-hydrogen) atoms. The van der Waals surface area contributed by atoms with Gasteiger partial charge in [0.2, 0.25) is 15.9 Å². The van der Waals surface area contributed by atoms with Crippen molar-refractivity contribution in [1.82, 2.24) is 9.21 Å². The Morgan fingerprint density at radius 2 is 1.57 bits per heavy atom. The van der Waals surface area contributed by atoms with Crippen molar-refractivity contribution in [2.75, 3.05) is 26.2 Å². The molecule has 0 saturated carbocycles. The molecule has 1 amide bonds. The standard InChI is InChI=1S/C14H19FN2O3S/c1-10-8-13(15)9-11(2)14(10)21(19,20)17-6-4-16(5-7-17)12(3)18/h8-9H,4-7H2,1-3H3. The van der Waals surface area contributed by atoms with E-state index in [0.717, 1.165) is 0 Å². The van der Waals surface area contributed by atoms with Gasteiger partial charge >= 0.3 is 0 Å². The van der Waals surface area contributed by atoms with Gasteiger partial charge in [0, 0.05) is 33.1 Å². The summed E-state index contributed by atoms with van der Waals surface area (Å²) in [4.78, 5) is 13.1. The van der Waals surface area contributed by atoms with E-state index in [-0.39, 0.29) is 23.9 Å². The maximum Gasteiger partial charge on any atom is 0.243 e. The predicted molar refractivity (Wildman–Crippen MR) is 76.9 cm³/mol. The number of rotatable bonds is 2. The Balaban J connectivity index is 2.30. The number of aryl methyl sites for hydroxylation is 2. The van der Waals surface area contributed by atoms with Crippen LogP contribution in [0.4, 0.5) is 4.39 Å². The molecule has 1 heterocycles. The minimum Gasteiger partial charge on any atom is -0.340 e. The van der Waals surface area contributed by atoms with Gasteiger partial charge in [-0.05, 0) is 37.1 Å². The molecule has 1 saturated heterocycles. The molecule has 0 bridgehead atoms. The number of amides is 1. The Morgan fingerprint density at radius 1 is 1.10 bits per heavy atom. The van der Waals surface area contributed by atoms with E-state index in [1.807, 2.05) is 0 Å². The van der Waals surface area contributed by atoms with Gasteiger partial charge in [0.05, 0.1) is 4.90 Å². The Hall–Kier alpha value is -1.47. The number of sulfonamides is 1. The fourth-order valence-corrected chi connectivity index (χ4v) is 4.51. The second kappa shape index (κ2) is 5.73. The molecule has 1 aromatic carbocycles. The highest BCUT2D eigenvalue weighted by Gasteiger charge is 2.31. The Morgan fingerprint density at radius 3 is 2.00 bits per heavy atom. The van der Waals surface area contributed by atoms with Gasteiger partial charge in [0.15, 0.2) is 0 Å². The average Bonchev–Trinajstić information content (AvgIpc) is 2.37. The minimum atomic E-state index is -3.66. The van der Waals surface area contributed by atoms with Crippen LogP contribution in [0.2, 0.25) is 0 Å². The van der Waals surface area contributed by atoms with E-state index >= 15 is 0 Å². The van der Waals surface area contributed by atoms with E-state index < -0.39 is 15.8 Å². The van der Waals surface area contributed by atoms with Crippen molar-refractivity contribution in [2.24, 2.45) is 0 Å². The summed E-state index contributed by atoms with van der Waals surface area (Å²) < 4.78 is 40.1. The summed E-state index contributed by atoms with van der Waals surface area (Å²) in [7, 11) is -3.66. The lowest BCUT2D eigenvalue weighted by molar-refractivity contribution is -0.129. The monoisotopic (exact) mass is 314 g/mol. The number of hydrogen-bond acceptors (Lipinski definition) is 3. The van der Waals surface area contributed by atoms with E-state index in [1.54, 1.807) is 18.7 Å². The van der Waals surface area contributed by atoms with Gasteiger partial charge in [0.1, 0.15) is 5.82 Å². The summed E-state index contributed by atoms with van der Waals surface area (Å²) in [6.45, 7) is 5.94. The first-order valence-electron chi connectivity index (χ1n) is 6.76. The first-order chi connectivity index (χ1) is 9.73. The smallest absolute Gasteiger partial charge is 0.243 e. The third-order valence-corrected chi connectivity index (χ3v) is 5.91. The lowest BCUT2D eigenvalue weighted by atomic mass is 10.1. The first-order valence-corrected chi connectivity index (χ1v) is 8.20. The van der Waals surface area contributed by atoms with Crippen molar-refractivity contribution in [1.29, 1.82) is 0 Å². The second-order valence-electron chi connectivity index (χ2n) is 5.28. The van der Waals surface area contributed by atoms with Gasteiger partial charge < -0.3 is 4.90 Å². The first kappa shape index (κ1) is 15.9. The summed E-state index contributed by atoms with van der Waals surface area (Å²) in [5, 5.41) is 0. The normalized spacial score (nSPS) is 17.0. The molecule has 116 valence electrons. The quantitative estimate of drug-likeness (QED) is 0.826. The van der Waals surface area contributed by atoms with Crippen LogP contribution >= 0.6 is 0 Å². The zero-order chi connectivity index (χ0) is 15.8. The molecule has 0 N–H and O–H groups in total. The molecule has 0 radical (unpaired) electrons. The zero-order valence-corrected chi connectivity index (χ0v) is 13.2. The number of halogens is 1. The van der Waals surface area contributed by atoms with Crippen molar-refractivity contribution < 1.29 is 17.6 Å². The minimum absolute atomic E-state index is 0.0545. The lowest BCUT2D eigenvalue weighted by Gasteiger charge is -2.34. The van der Waals surface area contributed by atoms with Gasteiger partial charge in [0.25, 0.3) is 0 Å². The average molecular weight is 314 g/mol. The molecule has 0 aliphatic carbocycles. The fourth-order valence-electron chi connectivity index (χ4n) is 2.68. The fraction of sp³-hybridized carbons (Fsp3) is 0.500. The van der Waals surface area contributed by atoms with Gasteiger partial charge in [-0.2, -0.15) is 4.31 Å². The molecule has 0 unspecified atom stereocenters.